The Morgan fingerprint density at radius 1 is 1.35 bits per heavy atom. The molecule has 1 N–H and O–H groups in total. The van der Waals surface area contributed by atoms with Gasteiger partial charge >= 0.3 is 6.01 Å². The summed E-state index contributed by atoms with van der Waals surface area (Å²) in [5.74, 6) is 0.652. The fourth-order valence-electron chi connectivity index (χ4n) is 1.68. The molecule has 2 aromatic rings. The van der Waals surface area contributed by atoms with Gasteiger partial charge in [-0.3, -0.25) is 4.68 Å². The van der Waals surface area contributed by atoms with Gasteiger partial charge in [0.1, 0.15) is 0 Å². The molecule has 0 fully saturated rings. The summed E-state index contributed by atoms with van der Waals surface area (Å²) in [5.41, 5.74) is 2.00. The molecule has 0 spiro atoms. The molecule has 0 atom stereocenters. The van der Waals surface area contributed by atoms with Crippen molar-refractivity contribution in [1.82, 2.24) is 25.1 Å². The van der Waals surface area contributed by atoms with Crippen LogP contribution in [0.1, 0.15) is 32.0 Å². The fraction of sp³-hybridized carbons (Fsp3) is 0.500. The maximum absolute atomic E-state index is 5.60. The van der Waals surface area contributed by atoms with Gasteiger partial charge in [-0.25, -0.2) is 4.98 Å². The van der Waals surface area contributed by atoms with Crippen LogP contribution in [0.25, 0.3) is 0 Å². The lowest BCUT2D eigenvalue weighted by molar-refractivity contribution is 0.437. The molecule has 6 heteroatoms. The number of nitrogens with zero attached hydrogens (tertiary/aromatic N) is 4. The van der Waals surface area contributed by atoms with E-state index in [9.17, 15) is 0 Å². The molecule has 0 aromatic carbocycles. The highest BCUT2D eigenvalue weighted by Gasteiger charge is 2.07. The largest absolute Gasteiger partial charge is 0.421 e. The molecular weight excluding hydrogens is 254 g/mol. The lowest BCUT2D eigenvalue weighted by atomic mass is 10.2. The normalized spacial score (nSPS) is 11.1. The molecular formula is C14H21N5O. The maximum Gasteiger partial charge on any atom is 0.322 e. The van der Waals surface area contributed by atoms with Crippen LogP contribution in [0.5, 0.6) is 11.8 Å². The van der Waals surface area contributed by atoms with E-state index in [1.165, 1.54) is 0 Å². The molecule has 2 rings (SSSR count). The number of hydrogen-bond acceptors (Lipinski definition) is 5. The number of nitrogens with one attached hydrogen (secondary N) is 1. The van der Waals surface area contributed by atoms with E-state index in [1.807, 2.05) is 20.0 Å². The molecule has 0 saturated carbocycles. The minimum absolute atomic E-state index is 0.353. The first-order valence-electron chi connectivity index (χ1n) is 6.84. The van der Waals surface area contributed by atoms with E-state index in [0.29, 0.717) is 17.8 Å². The van der Waals surface area contributed by atoms with E-state index in [4.69, 9.17) is 4.74 Å². The van der Waals surface area contributed by atoms with Crippen molar-refractivity contribution in [2.24, 2.45) is 0 Å². The van der Waals surface area contributed by atoms with Crippen LogP contribution in [0.15, 0.2) is 18.6 Å². The molecule has 0 aliphatic rings. The van der Waals surface area contributed by atoms with Crippen LogP contribution < -0.4 is 10.1 Å². The minimum Gasteiger partial charge on any atom is -0.421 e. The summed E-state index contributed by atoms with van der Waals surface area (Å²) >= 11 is 0. The molecule has 0 unspecified atom stereocenters. The summed E-state index contributed by atoms with van der Waals surface area (Å²) in [6, 6.07) is 0.789. The quantitative estimate of drug-likeness (QED) is 0.876. The molecule has 2 heterocycles. The van der Waals surface area contributed by atoms with E-state index < -0.39 is 0 Å². The highest BCUT2D eigenvalue weighted by Crippen LogP contribution is 2.17. The Morgan fingerprint density at radius 3 is 2.75 bits per heavy atom. The topological polar surface area (TPSA) is 64.9 Å². The second-order valence-corrected chi connectivity index (χ2v) is 4.93. The third-order valence-corrected chi connectivity index (χ3v) is 2.90. The van der Waals surface area contributed by atoms with E-state index in [2.05, 4.69) is 34.2 Å². The molecule has 6 nitrogen and oxygen atoms in total. The maximum atomic E-state index is 5.60. The van der Waals surface area contributed by atoms with Crippen molar-refractivity contribution in [2.75, 3.05) is 0 Å². The van der Waals surface area contributed by atoms with Crippen molar-refractivity contribution < 1.29 is 4.74 Å². The first-order chi connectivity index (χ1) is 9.58. The van der Waals surface area contributed by atoms with E-state index in [1.54, 1.807) is 17.1 Å². The van der Waals surface area contributed by atoms with E-state index in [-0.39, 0.29) is 0 Å². The van der Waals surface area contributed by atoms with Gasteiger partial charge in [0.15, 0.2) is 5.75 Å². The highest BCUT2D eigenvalue weighted by atomic mass is 16.5. The Hall–Kier alpha value is -1.95. The van der Waals surface area contributed by atoms with Crippen molar-refractivity contribution >= 4 is 0 Å². The van der Waals surface area contributed by atoms with Gasteiger partial charge in [-0.2, -0.15) is 10.1 Å². The zero-order valence-corrected chi connectivity index (χ0v) is 12.4. The summed E-state index contributed by atoms with van der Waals surface area (Å²) in [6.45, 7) is 9.77. The van der Waals surface area contributed by atoms with Crippen LogP contribution in [0.4, 0.5) is 0 Å². The van der Waals surface area contributed by atoms with Crippen molar-refractivity contribution in [3.8, 4) is 11.8 Å². The standard InChI is InChI=1S/C14H21N5O/c1-5-19-9-13(8-17-19)20-14-16-7-12(11(4)18-14)6-15-10(2)3/h7-10,15H,5-6H2,1-4H3. The summed E-state index contributed by atoms with van der Waals surface area (Å²) in [5, 5.41) is 7.49. The summed E-state index contributed by atoms with van der Waals surface area (Å²) < 4.78 is 7.39. The Kier molecular flexibility index (Phi) is 4.68. The van der Waals surface area contributed by atoms with Crippen LogP contribution in [0, 0.1) is 6.92 Å². The number of aromatic nitrogens is 4. The van der Waals surface area contributed by atoms with E-state index >= 15 is 0 Å². The number of ether oxygens (including phenoxy) is 1. The molecule has 108 valence electrons. The van der Waals surface area contributed by atoms with Gasteiger partial charge < -0.3 is 10.1 Å². The molecule has 0 aliphatic carbocycles. The van der Waals surface area contributed by atoms with Crippen LogP contribution in [0.2, 0.25) is 0 Å². The predicted octanol–water partition coefficient (Wildman–Crippen LogP) is 2.29. The first-order valence-corrected chi connectivity index (χ1v) is 6.84. The lowest BCUT2D eigenvalue weighted by Gasteiger charge is -2.10. The summed E-state index contributed by atoms with van der Waals surface area (Å²) in [6.07, 6.45) is 5.29. The molecule has 2 aromatic heterocycles. The average molecular weight is 275 g/mol. The smallest absolute Gasteiger partial charge is 0.322 e. The number of rotatable bonds is 6. The molecule has 0 radical (unpaired) electrons. The van der Waals surface area contributed by atoms with Crippen LogP contribution in [-0.4, -0.2) is 25.8 Å². The third-order valence-electron chi connectivity index (χ3n) is 2.90. The van der Waals surface area contributed by atoms with Crippen molar-refractivity contribution in [1.29, 1.82) is 0 Å². The highest BCUT2D eigenvalue weighted by molar-refractivity contribution is 5.21. The van der Waals surface area contributed by atoms with Crippen molar-refractivity contribution in [3.05, 3.63) is 29.8 Å². The van der Waals surface area contributed by atoms with Crippen LogP contribution in [-0.2, 0) is 13.1 Å². The van der Waals surface area contributed by atoms with Crippen molar-refractivity contribution in [2.45, 2.75) is 46.8 Å². The molecule has 20 heavy (non-hydrogen) atoms. The second-order valence-electron chi connectivity index (χ2n) is 4.93. The zero-order chi connectivity index (χ0) is 14.5. The van der Waals surface area contributed by atoms with Gasteiger partial charge in [0.05, 0.1) is 12.4 Å². The van der Waals surface area contributed by atoms with Gasteiger partial charge in [0.25, 0.3) is 0 Å². The predicted molar refractivity (Wildman–Crippen MR) is 76.7 cm³/mol. The lowest BCUT2D eigenvalue weighted by Crippen LogP contribution is -2.22. The van der Waals surface area contributed by atoms with Gasteiger partial charge in [0, 0.05) is 36.6 Å². The first kappa shape index (κ1) is 14.5. The fourth-order valence-corrected chi connectivity index (χ4v) is 1.68. The monoisotopic (exact) mass is 275 g/mol. The van der Waals surface area contributed by atoms with Crippen LogP contribution >= 0.6 is 0 Å². The van der Waals surface area contributed by atoms with Gasteiger partial charge in [0.2, 0.25) is 0 Å². The Bertz CT molecular complexity index is 564. The van der Waals surface area contributed by atoms with Gasteiger partial charge in [-0.15, -0.1) is 0 Å². The number of hydrogen-bond donors (Lipinski definition) is 1. The zero-order valence-electron chi connectivity index (χ0n) is 12.4. The molecule has 0 saturated heterocycles. The molecule has 0 amide bonds. The number of aryl methyl sites for hydroxylation is 2. The average Bonchev–Trinajstić information content (AvgIpc) is 2.85. The van der Waals surface area contributed by atoms with Gasteiger partial charge in [-0.1, -0.05) is 13.8 Å². The Morgan fingerprint density at radius 2 is 2.15 bits per heavy atom. The minimum atomic E-state index is 0.353. The molecule has 0 aliphatic heterocycles. The second kappa shape index (κ2) is 6.47. The SMILES string of the molecule is CCn1cc(Oc2ncc(CNC(C)C)c(C)n2)cn1. The van der Waals surface area contributed by atoms with Crippen LogP contribution in [0.3, 0.4) is 0 Å². The van der Waals surface area contributed by atoms with E-state index in [0.717, 1.165) is 24.3 Å². The Labute approximate surface area is 119 Å². The Balaban J connectivity index is 2.04. The molecule has 0 bridgehead atoms. The van der Waals surface area contributed by atoms with Crippen molar-refractivity contribution in [3.63, 3.8) is 0 Å². The summed E-state index contributed by atoms with van der Waals surface area (Å²) in [4.78, 5) is 8.61. The third kappa shape index (κ3) is 3.77. The van der Waals surface area contributed by atoms with Gasteiger partial charge in [-0.05, 0) is 13.8 Å². The summed E-state index contributed by atoms with van der Waals surface area (Å²) in [7, 11) is 0.